The highest BCUT2D eigenvalue weighted by Gasteiger charge is 2.00. The predicted octanol–water partition coefficient (Wildman–Crippen LogP) is 2.57. The zero-order valence-electron chi connectivity index (χ0n) is 10.6. The fraction of sp³-hybridized carbons (Fsp3) is 0.357. The van der Waals surface area contributed by atoms with Gasteiger partial charge in [-0.2, -0.15) is 5.10 Å². The molecule has 18 heavy (non-hydrogen) atoms. The average Bonchev–Trinajstić information content (AvgIpc) is 2.80. The Morgan fingerprint density at radius 3 is 2.72 bits per heavy atom. The number of halogens is 1. The number of rotatable bonds is 6. The highest BCUT2D eigenvalue weighted by Crippen LogP contribution is 2.05. The van der Waals surface area contributed by atoms with E-state index in [1.54, 1.807) is 12.1 Å². The molecule has 0 aliphatic carbocycles. The molecule has 1 aromatic heterocycles. The number of aromatic nitrogens is 2. The Morgan fingerprint density at radius 1 is 1.22 bits per heavy atom. The van der Waals surface area contributed by atoms with Crippen LogP contribution in [-0.2, 0) is 13.1 Å². The van der Waals surface area contributed by atoms with E-state index in [9.17, 15) is 4.39 Å². The van der Waals surface area contributed by atoms with Gasteiger partial charge in [0.1, 0.15) is 5.82 Å². The van der Waals surface area contributed by atoms with Gasteiger partial charge in [0.15, 0.2) is 0 Å². The van der Waals surface area contributed by atoms with Crippen LogP contribution in [0, 0.1) is 5.82 Å². The van der Waals surface area contributed by atoms with Crippen molar-refractivity contribution in [3.63, 3.8) is 0 Å². The molecule has 0 fully saturated rings. The van der Waals surface area contributed by atoms with E-state index >= 15 is 0 Å². The standard InChI is InChI=1S/C14H18FN3/c1-2-8-16-10-14-7-9-18(17-14)11-12-3-5-13(15)6-4-12/h3-7,9,16H,2,8,10-11H2,1H3. The van der Waals surface area contributed by atoms with Crippen LogP contribution in [0.2, 0.25) is 0 Å². The van der Waals surface area contributed by atoms with Gasteiger partial charge in [-0.15, -0.1) is 0 Å². The van der Waals surface area contributed by atoms with Gasteiger partial charge in [0, 0.05) is 12.7 Å². The summed E-state index contributed by atoms with van der Waals surface area (Å²) in [6, 6.07) is 8.52. The predicted molar refractivity (Wildman–Crippen MR) is 69.7 cm³/mol. The molecule has 0 saturated carbocycles. The van der Waals surface area contributed by atoms with Crippen LogP contribution >= 0.6 is 0 Å². The SMILES string of the molecule is CCCNCc1ccn(Cc2ccc(F)cc2)n1. The van der Waals surface area contributed by atoms with Crippen molar-refractivity contribution in [2.45, 2.75) is 26.4 Å². The smallest absolute Gasteiger partial charge is 0.123 e. The molecule has 2 rings (SSSR count). The molecule has 96 valence electrons. The molecule has 2 aromatic rings. The molecule has 1 aromatic carbocycles. The lowest BCUT2D eigenvalue weighted by atomic mass is 10.2. The van der Waals surface area contributed by atoms with Crippen molar-refractivity contribution >= 4 is 0 Å². The van der Waals surface area contributed by atoms with E-state index < -0.39 is 0 Å². The van der Waals surface area contributed by atoms with E-state index in [4.69, 9.17) is 0 Å². The molecule has 1 heterocycles. The van der Waals surface area contributed by atoms with Crippen molar-refractivity contribution in [2.75, 3.05) is 6.54 Å². The summed E-state index contributed by atoms with van der Waals surface area (Å²) in [6.07, 6.45) is 3.07. The molecule has 0 aliphatic heterocycles. The second-order valence-corrected chi connectivity index (χ2v) is 4.31. The minimum atomic E-state index is -0.205. The first-order chi connectivity index (χ1) is 8.78. The van der Waals surface area contributed by atoms with Crippen LogP contribution in [0.3, 0.4) is 0 Å². The molecule has 0 bridgehead atoms. The van der Waals surface area contributed by atoms with E-state index in [1.807, 2.05) is 16.9 Å². The maximum Gasteiger partial charge on any atom is 0.123 e. The van der Waals surface area contributed by atoms with E-state index in [2.05, 4.69) is 17.3 Å². The largest absolute Gasteiger partial charge is 0.311 e. The maximum absolute atomic E-state index is 12.8. The maximum atomic E-state index is 12.8. The van der Waals surface area contributed by atoms with Gasteiger partial charge in [-0.05, 0) is 36.7 Å². The fourth-order valence-corrected chi connectivity index (χ4v) is 1.76. The quantitative estimate of drug-likeness (QED) is 0.795. The summed E-state index contributed by atoms with van der Waals surface area (Å²) >= 11 is 0. The van der Waals surface area contributed by atoms with E-state index in [0.717, 1.165) is 30.8 Å². The van der Waals surface area contributed by atoms with E-state index in [1.165, 1.54) is 12.1 Å². The lowest BCUT2D eigenvalue weighted by Crippen LogP contribution is -2.14. The van der Waals surface area contributed by atoms with Crippen molar-refractivity contribution in [2.24, 2.45) is 0 Å². The van der Waals surface area contributed by atoms with Crippen LogP contribution in [0.4, 0.5) is 4.39 Å². The van der Waals surface area contributed by atoms with Crippen LogP contribution in [0.25, 0.3) is 0 Å². The topological polar surface area (TPSA) is 29.9 Å². The summed E-state index contributed by atoms with van der Waals surface area (Å²) in [7, 11) is 0. The lowest BCUT2D eigenvalue weighted by Gasteiger charge is -2.02. The second kappa shape index (κ2) is 6.31. The van der Waals surface area contributed by atoms with Gasteiger partial charge >= 0.3 is 0 Å². The van der Waals surface area contributed by atoms with Gasteiger partial charge in [0.2, 0.25) is 0 Å². The van der Waals surface area contributed by atoms with Crippen LogP contribution in [-0.4, -0.2) is 16.3 Å². The van der Waals surface area contributed by atoms with Gasteiger partial charge in [-0.3, -0.25) is 4.68 Å². The van der Waals surface area contributed by atoms with Crippen molar-refractivity contribution in [3.8, 4) is 0 Å². The van der Waals surface area contributed by atoms with Crippen molar-refractivity contribution in [1.82, 2.24) is 15.1 Å². The summed E-state index contributed by atoms with van der Waals surface area (Å²) in [4.78, 5) is 0. The van der Waals surface area contributed by atoms with Crippen LogP contribution in [0.5, 0.6) is 0 Å². The summed E-state index contributed by atoms with van der Waals surface area (Å²) in [5.41, 5.74) is 2.08. The first-order valence-corrected chi connectivity index (χ1v) is 6.25. The lowest BCUT2D eigenvalue weighted by molar-refractivity contribution is 0.618. The summed E-state index contributed by atoms with van der Waals surface area (Å²) < 4.78 is 14.6. The molecule has 0 radical (unpaired) electrons. The Balaban J connectivity index is 1.91. The van der Waals surface area contributed by atoms with Gasteiger partial charge in [-0.1, -0.05) is 19.1 Å². The van der Waals surface area contributed by atoms with Gasteiger partial charge in [-0.25, -0.2) is 4.39 Å². The third kappa shape index (κ3) is 3.67. The molecule has 0 unspecified atom stereocenters. The minimum absolute atomic E-state index is 0.205. The van der Waals surface area contributed by atoms with Crippen LogP contribution < -0.4 is 5.32 Å². The number of nitrogens with zero attached hydrogens (tertiary/aromatic N) is 2. The molecule has 0 spiro atoms. The Morgan fingerprint density at radius 2 is 2.00 bits per heavy atom. The van der Waals surface area contributed by atoms with Gasteiger partial charge in [0.05, 0.1) is 12.2 Å². The van der Waals surface area contributed by atoms with E-state index in [0.29, 0.717) is 6.54 Å². The fourth-order valence-electron chi connectivity index (χ4n) is 1.76. The number of hydrogen-bond acceptors (Lipinski definition) is 2. The number of nitrogens with one attached hydrogen (secondary N) is 1. The first kappa shape index (κ1) is 12.8. The minimum Gasteiger partial charge on any atom is -0.311 e. The van der Waals surface area contributed by atoms with Crippen molar-refractivity contribution in [3.05, 3.63) is 53.6 Å². The van der Waals surface area contributed by atoms with Crippen LogP contribution in [0.15, 0.2) is 36.5 Å². The molecule has 0 saturated heterocycles. The molecule has 0 atom stereocenters. The Hall–Kier alpha value is -1.68. The second-order valence-electron chi connectivity index (χ2n) is 4.31. The van der Waals surface area contributed by atoms with Crippen molar-refractivity contribution in [1.29, 1.82) is 0 Å². The van der Waals surface area contributed by atoms with Crippen LogP contribution in [0.1, 0.15) is 24.6 Å². The third-order valence-electron chi connectivity index (χ3n) is 2.69. The summed E-state index contributed by atoms with van der Waals surface area (Å²) in [5, 5.41) is 7.77. The monoisotopic (exact) mass is 247 g/mol. The highest BCUT2D eigenvalue weighted by atomic mass is 19.1. The molecule has 3 nitrogen and oxygen atoms in total. The normalized spacial score (nSPS) is 10.8. The highest BCUT2D eigenvalue weighted by molar-refractivity contribution is 5.16. The molecule has 0 amide bonds. The Bertz CT molecular complexity index is 476. The van der Waals surface area contributed by atoms with Crippen molar-refractivity contribution < 1.29 is 4.39 Å². The molecule has 1 N–H and O–H groups in total. The zero-order chi connectivity index (χ0) is 12.8. The average molecular weight is 247 g/mol. The Kier molecular flexibility index (Phi) is 4.47. The summed E-state index contributed by atoms with van der Waals surface area (Å²) in [6.45, 7) is 4.61. The third-order valence-corrected chi connectivity index (χ3v) is 2.69. The zero-order valence-corrected chi connectivity index (χ0v) is 10.6. The summed E-state index contributed by atoms with van der Waals surface area (Å²) in [5.74, 6) is -0.205. The number of benzene rings is 1. The molecule has 4 heteroatoms. The molecule has 0 aliphatic rings. The molecular weight excluding hydrogens is 229 g/mol. The van der Waals surface area contributed by atoms with Gasteiger partial charge < -0.3 is 5.32 Å². The Labute approximate surface area is 107 Å². The van der Waals surface area contributed by atoms with E-state index in [-0.39, 0.29) is 5.82 Å². The number of hydrogen-bond donors (Lipinski definition) is 1. The van der Waals surface area contributed by atoms with Gasteiger partial charge in [0.25, 0.3) is 0 Å². The molecular formula is C14H18FN3. The first-order valence-electron chi connectivity index (χ1n) is 6.25.